The molecule has 0 heterocycles. The van der Waals surface area contributed by atoms with Crippen LogP contribution < -0.4 is 5.32 Å². The van der Waals surface area contributed by atoms with Gasteiger partial charge in [0.05, 0.1) is 0 Å². The van der Waals surface area contributed by atoms with E-state index in [-0.39, 0.29) is 0 Å². The lowest BCUT2D eigenvalue weighted by molar-refractivity contribution is -0.131. The van der Waals surface area contributed by atoms with Crippen LogP contribution in [0.25, 0.3) is 0 Å². The van der Waals surface area contributed by atoms with Gasteiger partial charge in [-0.2, -0.15) is 0 Å². The summed E-state index contributed by atoms with van der Waals surface area (Å²) in [4.78, 5) is 10.2. The second-order valence-electron chi connectivity index (χ2n) is 4.65. The van der Waals surface area contributed by atoms with E-state index in [1.54, 1.807) is 6.08 Å². The van der Waals surface area contributed by atoms with Gasteiger partial charge >= 0.3 is 5.97 Å². The summed E-state index contributed by atoms with van der Waals surface area (Å²) in [7, 11) is 0. The van der Waals surface area contributed by atoms with E-state index in [9.17, 15) is 4.79 Å². The van der Waals surface area contributed by atoms with Crippen molar-refractivity contribution in [2.45, 2.75) is 39.2 Å². The molecular formula is C12H21NO2. The number of rotatable bonds is 4. The molecule has 0 aromatic carbocycles. The van der Waals surface area contributed by atoms with Gasteiger partial charge in [-0.1, -0.05) is 19.9 Å². The Kier molecular flexibility index (Phi) is 4.82. The molecule has 3 nitrogen and oxygen atoms in total. The van der Waals surface area contributed by atoms with E-state index in [0.717, 1.165) is 5.92 Å². The fourth-order valence-corrected chi connectivity index (χ4v) is 2.35. The lowest BCUT2D eigenvalue weighted by Crippen LogP contribution is -2.39. The Hall–Kier alpha value is -0.830. The van der Waals surface area contributed by atoms with Gasteiger partial charge in [0, 0.05) is 18.7 Å². The van der Waals surface area contributed by atoms with Crippen molar-refractivity contribution in [3.8, 4) is 0 Å². The predicted octanol–water partition coefficient (Wildman–Crippen LogP) is 2.04. The van der Waals surface area contributed by atoms with Crippen molar-refractivity contribution < 1.29 is 9.90 Å². The zero-order valence-corrected chi connectivity index (χ0v) is 9.57. The minimum Gasteiger partial charge on any atom is -0.478 e. The average molecular weight is 211 g/mol. The topological polar surface area (TPSA) is 49.3 Å². The van der Waals surface area contributed by atoms with Gasteiger partial charge in [-0.25, -0.2) is 4.79 Å². The zero-order chi connectivity index (χ0) is 11.3. The van der Waals surface area contributed by atoms with E-state index in [1.807, 2.05) is 0 Å². The molecule has 2 N–H and O–H groups in total. The van der Waals surface area contributed by atoms with Crippen molar-refractivity contribution in [1.82, 2.24) is 5.32 Å². The maximum atomic E-state index is 10.2. The summed E-state index contributed by atoms with van der Waals surface area (Å²) < 4.78 is 0. The van der Waals surface area contributed by atoms with Crippen molar-refractivity contribution in [2.75, 3.05) is 6.54 Å². The smallest absolute Gasteiger partial charge is 0.328 e. The Balaban J connectivity index is 2.24. The third-order valence-electron chi connectivity index (χ3n) is 3.19. The number of aliphatic carboxylic acids is 1. The third kappa shape index (κ3) is 4.47. The van der Waals surface area contributed by atoms with Gasteiger partial charge in [0.1, 0.15) is 0 Å². The van der Waals surface area contributed by atoms with Crippen LogP contribution in [-0.4, -0.2) is 23.7 Å². The van der Waals surface area contributed by atoms with Crippen molar-refractivity contribution in [2.24, 2.45) is 11.8 Å². The highest BCUT2D eigenvalue weighted by molar-refractivity contribution is 5.79. The first-order valence-corrected chi connectivity index (χ1v) is 5.72. The molecule has 3 atom stereocenters. The lowest BCUT2D eigenvalue weighted by atomic mass is 9.80. The second-order valence-corrected chi connectivity index (χ2v) is 4.65. The van der Waals surface area contributed by atoms with E-state index < -0.39 is 5.97 Å². The van der Waals surface area contributed by atoms with Crippen molar-refractivity contribution >= 4 is 5.97 Å². The monoisotopic (exact) mass is 211 g/mol. The number of nitrogens with one attached hydrogen (secondary N) is 1. The van der Waals surface area contributed by atoms with Gasteiger partial charge in [-0.15, -0.1) is 0 Å². The van der Waals surface area contributed by atoms with Gasteiger partial charge in [-0.05, 0) is 31.1 Å². The van der Waals surface area contributed by atoms with Gasteiger partial charge in [0.2, 0.25) is 0 Å². The summed E-state index contributed by atoms with van der Waals surface area (Å²) in [6, 6.07) is 0.555. The summed E-state index contributed by atoms with van der Waals surface area (Å²) in [5.74, 6) is 0.668. The van der Waals surface area contributed by atoms with Crippen LogP contribution in [0.5, 0.6) is 0 Å². The molecule has 0 aromatic heterocycles. The first-order valence-electron chi connectivity index (χ1n) is 5.72. The molecule has 0 radical (unpaired) electrons. The average Bonchev–Trinajstić information content (AvgIpc) is 2.14. The summed E-state index contributed by atoms with van der Waals surface area (Å²) in [6.07, 6.45) is 6.64. The lowest BCUT2D eigenvalue weighted by Gasteiger charge is -2.33. The summed E-state index contributed by atoms with van der Waals surface area (Å²) in [5, 5.41) is 11.8. The molecule has 3 unspecified atom stereocenters. The Labute approximate surface area is 91.6 Å². The Morgan fingerprint density at radius 2 is 2.20 bits per heavy atom. The molecule has 1 rings (SSSR count). The number of carboxylic acid groups (broad SMARTS) is 1. The van der Waals surface area contributed by atoms with Gasteiger partial charge in [0.15, 0.2) is 0 Å². The minimum atomic E-state index is -0.873. The molecule has 0 bridgehead atoms. The van der Waals surface area contributed by atoms with E-state index in [4.69, 9.17) is 5.11 Å². The number of carboxylic acids is 1. The maximum Gasteiger partial charge on any atom is 0.328 e. The third-order valence-corrected chi connectivity index (χ3v) is 3.19. The van der Waals surface area contributed by atoms with Gasteiger partial charge in [-0.3, -0.25) is 0 Å². The van der Waals surface area contributed by atoms with Crippen LogP contribution in [-0.2, 0) is 4.79 Å². The van der Waals surface area contributed by atoms with Crippen molar-refractivity contribution in [3.63, 3.8) is 0 Å². The molecule has 1 saturated carbocycles. The molecule has 0 amide bonds. The van der Waals surface area contributed by atoms with E-state index >= 15 is 0 Å². The van der Waals surface area contributed by atoms with Crippen LogP contribution in [0.1, 0.15) is 33.1 Å². The van der Waals surface area contributed by atoms with E-state index in [1.165, 1.54) is 25.3 Å². The summed E-state index contributed by atoms with van der Waals surface area (Å²) >= 11 is 0. The fourth-order valence-electron chi connectivity index (χ4n) is 2.35. The zero-order valence-electron chi connectivity index (χ0n) is 9.57. The molecule has 3 heteroatoms. The van der Waals surface area contributed by atoms with Crippen LogP contribution in [0, 0.1) is 11.8 Å². The molecule has 86 valence electrons. The standard InChI is InChI=1S/C12H21NO2/c1-9-5-6-11(10(2)8-9)13-7-3-4-12(14)15/h3-4,9-11,13H,5-8H2,1-2H3,(H,14,15)/b4-3+. The molecular weight excluding hydrogens is 190 g/mol. The van der Waals surface area contributed by atoms with E-state index in [2.05, 4.69) is 19.2 Å². The molecule has 0 aromatic rings. The van der Waals surface area contributed by atoms with Crippen LogP contribution in [0.2, 0.25) is 0 Å². The molecule has 1 aliphatic carbocycles. The summed E-state index contributed by atoms with van der Waals surface area (Å²) in [5.41, 5.74) is 0. The first-order chi connectivity index (χ1) is 7.09. The molecule has 0 saturated heterocycles. The Morgan fingerprint density at radius 1 is 1.47 bits per heavy atom. The number of hydrogen-bond acceptors (Lipinski definition) is 2. The Morgan fingerprint density at radius 3 is 2.80 bits per heavy atom. The molecule has 0 aliphatic heterocycles. The van der Waals surface area contributed by atoms with Crippen molar-refractivity contribution in [3.05, 3.63) is 12.2 Å². The summed E-state index contributed by atoms with van der Waals surface area (Å²) in [6.45, 7) is 5.24. The van der Waals surface area contributed by atoms with Crippen LogP contribution in [0.15, 0.2) is 12.2 Å². The maximum absolute atomic E-state index is 10.2. The highest BCUT2D eigenvalue weighted by Gasteiger charge is 2.24. The van der Waals surface area contributed by atoms with Crippen LogP contribution >= 0.6 is 0 Å². The van der Waals surface area contributed by atoms with Gasteiger partial charge in [0.25, 0.3) is 0 Å². The highest BCUT2D eigenvalue weighted by atomic mass is 16.4. The fraction of sp³-hybridized carbons (Fsp3) is 0.750. The molecule has 1 fully saturated rings. The first kappa shape index (κ1) is 12.2. The second kappa shape index (κ2) is 5.91. The molecule has 15 heavy (non-hydrogen) atoms. The normalized spacial score (nSPS) is 32.0. The highest BCUT2D eigenvalue weighted by Crippen LogP contribution is 2.28. The number of hydrogen-bond donors (Lipinski definition) is 2. The van der Waals surface area contributed by atoms with Crippen LogP contribution in [0.3, 0.4) is 0 Å². The van der Waals surface area contributed by atoms with Crippen molar-refractivity contribution in [1.29, 1.82) is 0 Å². The predicted molar refractivity (Wildman–Crippen MR) is 60.7 cm³/mol. The van der Waals surface area contributed by atoms with Crippen LogP contribution in [0.4, 0.5) is 0 Å². The molecule has 0 spiro atoms. The van der Waals surface area contributed by atoms with E-state index in [0.29, 0.717) is 18.5 Å². The Bertz CT molecular complexity index is 238. The SMILES string of the molecule is CC1CCC(NC/C=C/C(=O)O)C(C)C1. The minimum absolute atomic E-state index is 0.555. The van der Waals surface area contributed by atoms with Gasteiger partial charge < -0.3 is 10.4 Å². The molecule has 1 aliphatic rings. The number of carbonyl (C=O) groups is 1. The largest absolute Gasteiger partial charge is 0.478 e. The quantitative estimate of drug-likeness (QED) is 0.700.